The molecule has 2 aliphatic heterocycles. The fourth-order valence-electron chi connectivity index (χ4n) is 5.20. The highest BCUT2D eigenvalue weighted by atomic mass is 32.2. The quantitative estimate of drug-likeness (QED) is 0.398. The molecule has 204 valence electrons. The van der Waals surface area contributed by atoms with E-state index in [-0.39, 0.29) is 0 Å². The summed E-state index contributed by atoms with van der Waals surface area (Å²) in [5.41, 5.74) is 5.55. The maximum absolute atomic E-state index is 13.3. The molecule has 0 bridgehead atoms. The van der Waals surface area contributed by atoms with Crippen molar-refractivity contribution in [3.05, 3.63) is 66.5 Å². The van der Waals surface area contributed by atoms with Crippen LogP contribution in [0, 0.1) is 0 Å². The van der Waals surface area contributed by atoms with Crippen molar-refractivity contribution < 1.29 is 8.42 Å². The Morgan fingerprint density at radius 3 is 2.33 bits per heavy atom. The molecule has 2 aromatic heterocycles. The molecule has 0 saturated carbocycles. The minimum Gasteiger partial charge on any atom is -0.369 e. The minimum atomic E-state index is -3.49. The third kappa shape index (κ3) is 4.72. The largest absolute Gasteiger partial charge is 0.369 e. The molecular formula is C29H35N7O2S. The molecule has 0 atom stereocenters. The van der Waals surface area contributed by atoms with Crippen LogP contribution in [-0.2, 0) is 16.4 Å². The lowest BCUT2D eigenvalue weighted by Crippen LogP contribution is -2.44. The van der Waals surface area contributed by atoms with Gasteiger partial charge in [0.05, 0.1) is 10.4 Å². The summed E-state index contributed by atoms with van der Waals surface area (Å²) in [4.78, 5) is 14.1. The predicted octanol–water partition coefficient (Wildman–Crippen LogP) is 4.41. The molecule has 4 aromatic rings. The van der Waals surface area contributed by atoms with E-state index < -0.39 is 14.8 Å². The molecule has 0 spiro atoms. The molecule has 10 heteroatoms. The van der Waals surface area contributed by atoms with E-state index in [1.807, 2.05) is 41.2 Å². The molecule has 1 saturated heterocycles. The number of rotatable bonds is 5. The van der Waals surface area contributed by atoms with Crippen molar-refractivity contribution in [3.8, 4) is 5.69 Å². The lowest BCUT2D eigenvalue weighted by molar-refractivity contribution is 0.313. The Hall–Kier alpha value is -3.63. The van der Waals surface area contributed by atoms with Crippen LogP contribution in [-0.4, -0.2) is 72.4 Å². The van der Waals surface area contributed by atoms with Gasteiger partial charge in [0.1, 0.15) is 5.65 Å². The van der Waals surface area contributed by atoms with E-state index in [1.165, 1.54) is 5.69 Å². The molecule has 4 heterocycles. The Balaban J connectivity index is 1.26. The van der Waals surface area contributed by atoms with Gasteiger partial charge in [0, 0.05) is 67.6 Å². The van der Waals surface area contributed by atoms with Crippen molar-refractivity contribution in [1.29, 1.82) is 0 Å². The standard InChI is InChI=1S/C29H35N7O2S/c1-29(2,3)39(37,38)36-14-12-21-5-8-25(19-26(21)36)35-13-11-22-20-30-28(32-27(22)35)31-23-6-9-24(10-7-23)34-17-15-33(4)16-18-34/h5-11,13,19-20H,12,14-18H2,1-4H3,(H,30,31,32). The lowest BCUT2D eigenvalue weighted by Gasteiger charge is -2.34. The normalized spacial score (nSPS) is 16.6. The van der Waals surface area contributed by atoms with Crippen LogP contribution in [0.15, 0.2) is 60.9 Å². The van der Waals surface area contributed by atoms with Crippen LogP contribution in [0.4, 0.5) is 23.0 Å². The number of hydrogen-bond donors (Lipinski definition) is 1. The number of piperazine rings is 1. The highest BCUT2D eigenvalue weighted by molar-refractivity contribution is 7.94. The van der Waals surface area contributed by atoms with Gasteiger partial charge in [0.2, 0.25) is 16.0 Å². The number of nitrogens with zero attached hydrogens (tertiary/aromatic N) is 6. The van der Waals surface area contributed by atoms with Gasteiger partial charge in [-0.15, -0.1) is 0 Å². The van der Waals surface area contributed by atoms with Gasteiger partial charge in [0.25, 0.3) is 0 Å². The first-order valence-electron chi connectivity index (χ1n) is 13.4. The van der Waals surface area contributed by atoms with E-state index >= 15 is 0 Å². The molecule has 39 heavy (non-hydrogen) atoms. The second-order valence-corrected chi connectivity index (χ2v) is 14.0. The molecule has 0 aliphatic carbocycles. The Labute approximate surface area is 230 Å². The molecule has 0 radical (unpaired) electrons. The Bertz CT molecular complexity index is 1620. The van der Waals surface area contributed by atoms with Gasteiger partial charge in [0.15, 0.2) is 0 Å². The van der Waals surface area contributed by atoms with Gasteiger partial charge in [-0.1, -0.05) is 6.07 Å². The van der Waals surface area contributed by atoms with Gasteiger partial charge in [-0.05, 0) is 82.3 Å². The molecule has 2 aromatic carbocycles. The smallest absolute Gasteiger partial charge is 0.240 e. The van der Waals surface area contributed by atoms with Crippen molar-refractivity contribution >= 4 is 44.1 Å². The van der Waals surface area contributed by atoms with Gasteiger partial charge in [-0.2, -0.15) is 4.98 Å². The minimum absolute atomic E-state index is 0.467. The summed E-state index contributed by atoms with van der Waals surface area (Å²) in [7, 11) is -1.33. The van der Waals surface area contributed by atoms with Crippen LogP contribution >= 0.6 is 0 Å². The maximum Gasteiger partial charge on any atom is 0.240 e. The first-order chi connectivity index (χ1) is 18.6. The van der Waals surface area contributed by atoms with Crippen LogP contribution in [0.3, 0.4) is 0 Å². The highest BCUT2D eigenvalue weighted by Gasteiger charge is 2.38. The summed E-state index contributed by atoms with van der Waals surface area (Å²) in [6.45, 7) is 9.91. The first kappa shape index (κ1) is 25.6. The SMILES string of the molecule is CN1CCN(c2ccc(Nc3ncc4ccn(-c5ccc6c(c5)N(S(=O)(=O)C(C)(C)C)CC6)c4n3)cc2)CC1. The topological polar surface area (TPSA) is 86.6 Å². The van der Waals surface area contributed by atoms with Crippen LogP contribution < -0.4 is 14.5 Å². The number of anilines is 4. The fourth-order valence-corrected chi connectivity index (χ4v) is 6.63. The fraction of sp³-hybridized carbons (Fsp3) is 0.379. The van der Waals surface area contributed by atoms with Gasteiger partial charge >= 0.3 is 0 Å². The number of sulfonamides is 1. The van der Waals surface area contributed by atoms with Gasteiger partial charge in [-0.25, -0.2) is 13.4 Å². The third-order valence-electron chi connectivity index (χ3n) is 7.68. The summed E-state index contributed by atoms with van der Waals surface area (Å²) in [6.07, 6.45) is 4.47. The monoisotopic (exact) mass is 545 g/mol. The number of aromatic nitrogens is 3. The number of fused-ring (bicyclic) bond motifs is 2. The van der Waals surface area contributed by atoms with Crippen LogP contribution in [0.25, 0.3) is 16.7 Å². The second kappa shape index (κ2) is 9.53. The van der Waals surface area contributed by atoms with E-state index in [4.69, 9.17) is 4.98 Å². The highest BCUT2D eigenvalue weighted by Crippen LogP contribution is 2.36. The van der Waals surface area contributed by atoms with Gasteiger partial charge < -0.3 is 19.7 Å². The number of likely N-dealkylation sites (N-methyl/N-ethyl adjacent to an activating group) is 1. The molecule has 0 amide bonds. The van der Waals surface area contributed by atoms with Crippen molar-refractivity contribution in [3.63, 3.8) is 0 Å². The van der Waals surface area contributed by atoms with Crippen molar-refractivity contribution in [1.82, 2.24) is 19.4 Å². The molecule has 1 N–H and O–H groups in total. The van der Waals surface area contributed by atoms with Crippen LogP contribution in [0.1, 0.15) is 26.3 Å². The molecule has 0 unspecified atom stereocenters. The summed E-state index contributed by atoms with van der Waals surface area (Å²) in [5, 5.41) is 4.25. The summed E-state index contributed by atoms with van der Waals surface area (Å²) in [6, 6.07) is 16.4. The van der Waals surface area contributed by atoms with E-state index in [1.54, 1.807) is 25.1 Å². The van der Waals surface area contributed by atoms with Crippen molar-refractivity contribution in [2.75, 3.05) is 54.3 Å². The lowest BCUT2D eigenvalue weighted by atomic mass is 10.1. The first-order valence-corrected chi connectivity index (χ1v) is 14.8. The van der Waals surface area contributed by atoms with Crippen LogP contribution in [0.5, 0.6) is 0 Å². The summed E-state index contributed by atoms with van der Waals surface area (Å²) >= 11 is 0. The Morgan fingerprint density at radius 2 is 1.62 bits per heavy atom. The number of hydrogen-bond acceptors (Lipinski definition) is 7. The average molecular weight is 546 g/mol. The van der Waals surface area contributed by atoms with Crippen molar-refractivity contribution in [2.24, 2.45) is 0 Å². The Kier molecular flexibility index (Phi) is 6.27. The van der Waals surface area contributed by atoms with E-state index in [9.17, 15) is 8.42 Å². The van der Waals surface area contributed by atoms with E-state index in [2.05, 4.69) is 51.4 Å². The van der Waals surface area contributed by atoms with E-state index in [0.29, 0.717) is 18.9 Å². The van der Waals surface area contributed by atoms with Crippen LogP contribution in [0.2, 0.25) is 0 Å². The molecule has 2 aliphatic rings. The average Bonchev–Trinajstić information content (AvgIpc) is 3.53. The zero-order valence-corrected chi connectivity index (χ0v) is 23.7. The summed E-state index contributed by atoms with van der Waals surface area (Å²) < 4.78 is 29.2. The predicted molar refractivity (Wildman–Crippen MR) is 158 cm³/mol. The van der Waals surface area contributed by atoms with Crippen molar-refractivity contribution in [2.45, 2.75) is 31.9 Å². The maximum atomic E-state index is 13.3. The third-order valence-corrected chi connectivity index (χ3v) is 10.2. The summed E-state index contributed by atoms with van der Waals surface area (Å²) in [5.74, 6) is 0.507. The number of nitrogens with one attached hydrogen (secondary N) is 1. The zero-order valence-electron chi connectivity index (χ0n) is 22.9. The zero-order chi connectivity index (χ0) is 27.4. The second-order valence-electron chi connectivity index (χ2n) is 11.4. The van der Waals surface area contributed by atoms with E-state index in [0.717, 1.165) is 59.8 Å². The van der Waals surface area contributed by atoms with Gasteiger partial charge in [-0.3, -0.25) is 4.31 Å². The Morgan fingerprint density at radius 1 is 0.897 bits per heavy atom. The number of benzene rings is 2. The molecule has 1 fully saturated rings. The molecule has 6 rings (SSSR count). The molecular weight excluding hydrogens is 510 g/mol. The molecule has 9 nitrogen and oxygen atoms in total.